The number of hydrogen-bond donors (Lipinski definition) is 1. The number of nitrogens with zero attached hydrogens (tertiary/aromatic N) is 2. The first kappa shape index (κ1) is 20.1. The zero-order valence-electron chi connectivity index (χ0n) is 13.9. The third-order valence-corrected chi connectivity index (χ3v) is 4.94. The molecule has 2 atom stereocenters. The standard InChI is InChI=1S/C18H17F3N2O2S/c1-26(25)17(13-5-3-2-4-6-13)23(9-10-24)15-8-7-14(12-22)16(11-15)18(19,20)21/h2-8,11,17,24H,9-10H2,1H3/t17-,26?/m1/s1. The molecule has 0 amide bonds. The Kier molecular flexibility index (Phi) is 6.53. The van der Waals surface area contributed by atoms with E-state index >= 15 is 0 Å². The predicted molar refractivity (Wildman–Crippen MR) is 93.8 cm³/mol. The van der Waals surface area contributed by atoms with Gasteiger partial charge in [-0.25, -0.2) is 0 Å². The third kappa shape index (κ3) is 4.49. The van der Waals surface area contributed by atoms with Crippen molar-refractivity contribution in [2.24, 2.45) is 0 Å². The van der Waals surface area contributed by atoms with Crippen LogP contribution in [0.15, 0.2) is 48.5 Å². The number of hydrogen-bond acceptors (Lipinski definition) is 4. The van der Waals surface area contributed by atoms with Gasteiger partial charge in [0.1, 0.15) is 0 Å². The average Bonchev–Trinajstić information content (AvgIpc) is 2.60. The zero-order chi connectivity index (χ0) is 19.3. The topological polar surface area (TPSA) is 70.3 Å². The Morgan fingerprint density at radius 3 is 2.38 bits per heavy atom. The smallest absolute Gasteiger partial charge is 0.417 e. The highest BCUT2D eigenvalue weighted by Gasteiger charge is 2.36. The Bertz CT molecular complexity index is 776. The van der Waals surface area contributed by atoms with Crippen LogP contribution in [0.4, 0.5) is 18.9 Å². The maximum atomic E-state index is 13.3. The van der Waals surface area contributed by atoms with E-state index in [9.17, 15) is 22.8 Å². The summed E-state index contributed by atoms with van der Waals surface area (Å²) < 4.78 is 52.2. The Balaban J connectivity index is 2.57. The van der Waals surface area contributed by atoms with Crippen LogP contribution >= 0.6 is 0 Å². The molecule has 4 nitrogen and oxygen atoms in total. The molecule has 1 unspecified atom stereocenters. The maximum Gasteiger partial charge on any atom is 0.417 e. The highest BCUT2D eigenvalue weighted by atomic mass is 32.2. The van der Waals surface area contributed by atoms with Crippen molar-refractivity contribution in [2.75, 3.05) is 24.3 Å². The summed E-state index contributed by atoms with van der Waals surface area (Å²) in [5.74, 6) is 0. The van der Waals surface area contributed by atoms with Gasteiger partial charge < -0.3 is 14.6 Å². The van der Waals surface area contributed by atoms with E-state index in [1.807, 2.05) is 0 Å². The van der Waals surface area contributed by atoms with E-state index in [0.29, 0.717) is 5.56 Å². The quantitative estimate of drug-likeness (QED) is 0.777. The molecule has 0 radical (unpaired) electrons. The van der Waals surface area contributed by atoms with Gasteiger partial charge in [-0.3, -0.25) is 0 Å². The Morgan fingerprint density at radius 2 is 1.88 bits per heavy atom. The zero-order valence-corrected chi connectivity index (χ0v) is 14.7. The average molecular weight is 382 g/mol. The number of alkyl halides is 3. The molecule has 1 N–H and O–H groups in total. The van der Waals surface area contributed by atoms with Crippen molar-refractivity contribution >= 4 is 16.9 Å². The van der Waals surface area contributed by atoms with Crippen LogP contribution in [0.5, 0.6) is 0 Å². The molecule has 2 rings (SSSR count). The molecule has 0 aliphatic carbocycles. The van der Waals surface area contributed by atoms with Crippen LogP contribution < -0.4 is 4.90 Å². The number of rotatable bonds is 6. The van der Waals surface area contributed by atoms with Crippen LogP contribution in [-0.2, 0) is 17.4 Å². The van der Waals surface area contributed by atoms with Gasteiger partial charge in [0.2, 0.25) is 5.37 Å². The molecule has 0 spiro atoms. The predicted octanol–water partition coefficient (Wildman–Crippen LogP) is 3.45. The van der Waals surface area contributed by atoms with Gasteiger partial charge in [0.05, 0.1) is 30.1 Å². The molecular formula is C18H17F3N2O2S. The molecule has 0 bridgehead atoms. The van der Waals surface area contributed by atoms with Crippen molar-refractivity contribution in [1.29, 1.82) is 5.26 Å². The van der Waals surface area contributed by atoms with Gasteiger partial charge >= 0.3 is 6.18 Å². The molecule has 2 aromatic carbocycles. The Labute approximate surface area is 152 Å². The Hall–Kier alpha value is -2.21. The van der Waals surface area contributed by atoms with Gasteiger partial charge in [0.15, 0.2) is 0 Å². The van der Waals surface area contributed by atoms with Crippen molar-refractivity contribution in [3.63, 3.8) is 0 Å². The van der Waals surface area contributed by atoms with Gasteiger partial charge in [-0.2, -0.15) is 18.4 Å². The third-order valence-electron chi connectivity index (χ3n) is 3.78. The van der Waals surface area contributed by atoms with E-state index in [-0.39, 0.29) is 18.8 Å². The van der Waals surface area contributed by atoms with Crippen molar-refractivity contribution in [1.82, 2.24) is 0 Å². The van der Waals surface area contributed by atoms with E-state index in [2.05, 4.69) is 0 Å². The van der Waals surface area contributed by atoms with Crippen LogP contribution in [0.1, 0.15) is 22.1 Å². The SMILES string of the molecule is C[S+]([O-])[C@H](c1ccccc1)N(CCO)c1ccc(C#N)c(C(F)(F)F)c1. The number of aliphatic hydroxyl groups excluding tert-OH is 1. The summed E-state index contributed by atoms with van der Waals surface area (Å²) in [6, 6.07) is 13.6. The van der Waals surface area contributed by atoms with E-state index < -0.39 is 33.9 Å². The van der Waals surface area contributed by atoms with E-state index in [4.69, 9.17) is 5.26 Å². The monoisotopic (exact) mass is 382 g/mol. The van der Waals surface area contributed by atoms with E-state index in [0.717, 1.165) is 12.1 Å². The minimum absolute atomic E-state index is 0.0116. The second-order valence-electron chi connectivity index (χ2n) is 5.52. The van der Waals surface area contributed by atoms with Crippen LogP contribution in [0.2, 0.25) is 0 Å². The fourth-order valence-electron chi connectivity index (χ4n) is 2.70. The van der Waals surface area contributed by atoms with Crippen LogP contribution in [-0.4, -0.2) is 29.1 Å². The van der Waals surface area contributed by atoms with Crippen LogP contribution in [0.25, 0.3) is 0 Å². The van der Waals surface area contributed by atoms with Gasteiger partial charge in [0.25, 0.3) is 0 Å². The number of anilines is 1. The minimum Gasteiger partial charge on any atom is -0.615 e. The lowest BCUT2D eigenvalue weighted by molar-refractivity contribution is -0.137. The molecule has 0 fully saturated rings. The maximum absolute atomic E-state index is 13.3. The Morgan fingerprint density at radius 1 is 1.23 bits per heavy atom. The highest BCUT2D eigenvalue weighted by Crippen LogP contribution is 2.37. The lowest BCUT2D eigenvalue weighted by atomic mass is 10.1. The first-order chi connectivity index (χ1) is 12.3. The fourth-order valence-corrected chi connectivity index (χ4v) is 3.83. The summed E-state index contributed by atoms with van der Waals surface area (Å²) in [6.45, 7) is -0.343. The molecule has 0 saturated heterocycles. The number of benzene rings is 2. The lowest BCUT2D eigenvalue weighted by Gasteiger charge is -2.33. The molecule has 138 valence electrons. The summed E-state index contributed by atoms with van der Waals surface area (Å²) in [7, 11) is 0. The van der Waals surface area contributed by atoms with Crippen LogP contribution in [0.3, 0.4) is 0 Å². The molecule has 0 aliphatic heterocycles. The van der Waals surface area contributed by atoms with Crippen molar-refractivity contribution in [3.8, 4) is 6.07 Å². The molecule has 0 heterocycles. The molecule has 8 heteroatoms. The molecule has 0 saturated carbocycles. The van der Waals surface area contributed by atoms with Gasteiger partial charge in [-0.05, 0) is 29.4 Å². The summed E-state index contributed by atoms with van der Waals surface area (Å²) in [6.07, 6.45) is -3.24. The molecule has 0 aliphatic rings. The first-order valence-corrected chi connectivity index (χ1v) is 9.27. The fraction of sp³-hybridized carbons (Fsp3) is 0.278. The largest absolute Gasteiger partial charge is 0.615 e. The van der Waals surface area contributed by atoms with Crippen molar-refractivity contribution in [3.05, 3.63) is 65.2 Å². The lowest BCUT2D eigenvalue weighted by Crippen LogP contribution is -2.36. The van der Waals surface area contributed by atoms with E-state index in [1.54, 1.807) is 30.3 Å². The minimum atomic E-state index is -4.69. The second kappa shape index (κ2) is 8.45. The summed E-state index contributed by atoms with van der Waals surface area (Å²) in [4.78, 5) is 1.46. The second-order valence-corrected chi connectivity index (χ2v) is 6.96. The molecule has 0 aromatic heterocycles. The molecular weight excluding hydrogens is 365 g/mol. The summed E-state index contributed by atoms with van der Waals surface area (Å²) in [5.41, 5.74) is -0.762. The molecule has 2 aromatic rings. The summed E-state index contributed by atoms with van der Waals surface area (Å²) in [5, 5.41) is 17.6. The highest BCUT2D eigenvalue weighted by molar-refractivity contribution is 7.91. The van der Waals surface area contributed by atoms with Gasteiger partial charge in [0, 0.05) is 17.8 Å². The molecule has 26 heavy (non-hydrogen) atoms. The van der Waals surface area contributed by atoms with Crippen molar-refractivity contribution in [2.45, 2.75) is 11.6 Å². The summed E-state index contributed by atoms with van der Waals surface area (Å²) >= 11 is -1.45. The van der Waals surface area contributed by atoms with Crippen LogP contribution in [0, 0.1) is 11.3 Å². The number of halogens is 3. The van der Waals surface area contributed by atoms with Crippen molar-refractivity contribution < 1.29 is 22.8 Å². The normalized spacial score (nSPS) is 13.7. The number of nitriles is 1. The van der Waals surface area contributed by atoms with Gasteiger partial charge in [-0.1, -0.05) is 30.3 Å². The van der Waals surface area contributed by atoms with E-state index in [1.165, 1.54) is 23.3 Å². The number of aliphatic hydroxyl groups is 1. The van der Waals surface area contributed by atoms with Gasteiger partial charge in [-0.15, -0.1) is 0 Å². The first-order valence-electron chi connectivity index (χ1n) is 7.65.